The highest BCUT2D eigenvalue weighted by atomic mass is 32.2. The van der Waals surface area contributed by atoms with Crippen LogP contribution in [-0.2, 0) is 23.1 Å². The van der Waals surface area contributed by atoms with Crippen molar-refractivity contribution in [2.24, 2.45) is 0 Å². The van der Waals surface area contributed by atoms with Gasteiger partial charge in [-0.25, -0.2) is 13.1 Å². The number of aromatic nitrogens is 2. The summed E-state index contributed by atoms with van der Waals surface area (Å²) in [5.41, 5.74) is 2.53. The zero-order valence-corrected chi connectivity index (χ0v) is 15.7. The lowest BCUT2D eigenvalue weighted by molar-refractivity contribution is 0.163. The van der Waals surface area contributed by atoms with Crippen molar-refractivity contribution in [2.45, 2.75) is 39.4 Å². The highest BCUT2D eigenvalue weighted by molar-refractivity contribution is 7.89. The standard InChI is InChI=1S/C16H24N4O2S2/c1-3-24(21,22)18-8-5-15-11-19(10-14-4-7-17-20(14)15)12-16-13(2)6-9-23-16/h4,6-7,9,15,18H,3,5,8,10-12H2,1-2H3/t15-/m0/s1. The third kappa shape index (κ3) is 4.05. The minimum Gasteiger partial charge on any atom is -0.290 e. The highest BCUT2D eigenvalue weighted by Gasteiger charge is 2.26. The van der Waals surface area contributed by atoms with Crippen molar-refractivity contribution >= 4 is 21.4 Å². The zero-order valence-electron chi connectivity index (χ0n) is 14.1. The number of thiophene rings is 1. The van der Waals surface area contributed by atoms with E-state index in [1.165, 1.54) is 16.1 Å². The number of sulfonamides is 1. The fourth-order valence-corrected chi connectivity index (χ4v) is 4.63. The van der Waals surface area contributed by atoms with Gasteiger partial charge in [-0.1, -0.05) is 0 Å². The number of hydrogen-bond acceptors (Lipinski definition) is 5. The summed E-state index contributed by atoms with van der Waals surface area (Å²) in [6.07, 6.45) is 2.58. The van der Waals surface area contributed by atoms with E-state index in [2.05, 4.69) is 43.8 Å². The fraction of sp³-hybridized carbons (Fsp3) is 0.562. The van der Waals surface area contributed by atoms with Gasteiger partial charge >= 0.3 is 0 Å². The predicted octanol–water partition coefficient (Wildman–Crippen LogP) is 2.14. The Hall–Kier alpha value is -1.22. The van der Waals surface area contributed by atoms with Crippen LogP contribution in [0.25, 0.3) is 0 Å². The fourth-order valence-electron chi connectivity index (χ4n) is 3.05. The molecule has 0 saturated heterocycles. The molecule has 132 valence electrons. The van der Waals surface area contributed by atoms with Crippen LogP contribution in [0.15, 0.2) is 23.7 Å². The van der Waals surface area contributed by atoms with Crippen LogP contribution in [0.4, 0.5) is 0 Å². The summed E-state index contributed by atoms with van der Waals surface area (Å²) in [5, 5.41) is 6.57. The Balaban J connectivity index is 1.66. The number of fused-ring (bicyclic) bond motifs is 1. The summed E-state index contributed by atoms with van der Waals surface area (Å²) in [6.45, 7) is 6.96. The average Bonchev–Trinajstić information content (AvgIpc) is 3.17. The summed E-state index contributed by atoms with van der Waals surface area (Å²) in [6, 6.07) is 4.41. The van der Waals surface area contributed by atoms with Crippen molar-refractivity contribution in [1.82, 2.24) is 19.4 Å². The second-order valence-electron chi connectivity index (χ2n) is 6.20. The van der Waals surface area contributed by atoms with E-state index in [4.69, 9.17) is 0 Å². The van der Waals surface area contributed by atoms with Crippen molar-refractivity contribution < 1.29 is 8.42 Å². The van der Waals surface area contributed by atoms with Gasteiger partial charge in [-0.15, -0.1) is 11.3 Å². The Morgan fingerprint density at radius 1 is 1.42 bits per heavy atom. The van der Waals surface area contributed by atoms with Gasteiger partial charge in [-0.3, -0.25) is 9.58 Å². The number of aryl methyl sites for hydroxylation is 1. The second kappa shape index (κ2) is 7.35. The van der Waals surface area contributed by atoms with Crippen molar-refractivity contribution in [1.29, 1.82) is 0 Å². The lowest BCUT2D eigenvalue weighted by Crippen LogP contribution is -2.39. The normalized spacial score (nSPS) is 18.7. The number of nitrogens with zero attached hydrogens (tertiary/aromatic N) is 3. The van der Waals surface area contributed by atoms with E-state index in [9.17, 15) is 8.42 Å². The monoisotopic (exact) mass is 368 g/mol. The third-order valence-electron chi connectivity index (χ3n) is 4.47. The van der Waals surface area contributed by atoms with Crippen molar-refractivity contribution in [3.05, 3.63) is 39.8 Å². The van der Waals surface area contributed by atoms with E-state index < -0.39 is 10.0 Å². The maximum atomic E-state index is 11.6. The molecule has 0 aliphatic carbocycles. The molecule has 0 aromatic carbocycles. The van der Waals surface area contributed by atoms with Crippen LogP contribution in [0.3, 0.4) is 0 Å². The molecule has 1 N–H and O–H groups in total. The van der Waals surface area contributed by atoms with E-state index in [0.29, 0.717) is 6.54 Å². The third-order valence-corrected chi connectivity index (χ3v) is 6.88. The van der Waals surface area contributed by atoms with E-state index in [1.54, 1.807) is 18.3 Å². The second-order valence-corrected chi connectivity index (χ2v) is 9.30. The largest absolute Gasteiger partial charge is 0.290 e. The number of hydrogen-bond donors (Lipinski definition) is 1. The molecule has 3 heterocycles. The summed E-state index contributed by atoms with van der Waals surface area (Å²) in [7, 11) is -3.14. The molecule has 0 saturated carbocycles. The van der Waals surface area contributed by atoms with Gasteiger partial charge in [-0.2, -0.15) is 5.10 Å². The van der Waals surface area contributed by atoms with Gasteiger partial charge in [0.05, 0.1) is 17.5 Å². The van der Waals surface area contributed by atoms with Crippen LogP contribution < -0.4 is 4.72 Å². The zero-order chi connectivity index (χ0) is 17.2. The summed E-state index contributed by atoms with van der Waals surface area (Å²) < 4.78 is 27.9. The first-order chi connectivity index (χ1) is 11.5. The van der Waals surface area contributed by atoms with E-state index in [-0.39, 0.29) is 11.8 Å². The van der Waals surface area contributed by atoms with E-state index in [1.807, 2.05) is 6.20 Å². The van der Waals surface area contributed by atoms with Crippen molar-refractivity contribution in [3.8, 4) is 0 Å². The van der Waals surface area contributed by atoms with Gasteiger partial charge in [0.25, 0.3) is 0 Å². The van der Waals surface area contributed by atoms with Gasteiger partial charge in [0, 0.05) is 37.3 Å². The molecule has 1 aliphatic heterocycles. The lowest BCUT2D eigenvalue weighted by atomic mass is 10.1. The Morgan fingerprint density at radius 2 is 2.25 bits per heavy atom. The maximum Gasteiger partial charge on any atom is 0.211 e. The summed E-state index contributed by atoms with van der Waals surface area (Å²) in [4.78, 5) is 3.82. The van der Waals surface area contributed by atoms with Crippen LogP contribution in [0.1, 0.15) is 35.5 Å². The molecular formula is C16H24N4O2S2. The van der Waals surface area contributed by atoms with Crippen LogP contribution in [0.2, 0.25) is 0 Å². The lowest BCUT2D eigenvalue weighted by Gasteiger charge is -2.34. The molecule has 1 aliphatic rings. The Labute approximate surface area is 147 Å². The number of nitrogens with one attached hydrogen (secondary N) is 1. The molecular weight excluding hydrogens is 344 g/mol. The van der Waals surface area contributed by atoms with Crippen molar-refractivity contribution in [2.75, 3.05) is 18.8 Å². The van der Waals surface area contributed by atoms with Gasteiger partial charge in [0.2, 0.25) is 10.0 Å². The topological polar surface area (TPSA) is 67.2 Å². The Bertz CT molecular complexity index is 782. The molecule has 0 amide bonds. The minimum atomic E-state index is -3.14. The SMILES string of the molecule is CCS(=O)(=O)NCC[C@H]1CN(Cc2sccc2C)Cc2ccnn21. The number of rotatable bonds is 7. The molecule has 3 rings (SSSR count). The summed E-state index contributed by atoms with van der Waals surface area (Å²) >= 11 is 1.80. The van der Waals surface area contributed by atoms with Crippen LogP contribution >= 0.6 is 11.3 Å². The summed E-state index contributed by atoms with van der Waals surface area (Å²) in [5.74, 6) is 0.120. The first-order valence-corrected chi connectivity index (χ1v) is 10.8. The predicted molar refractivity (Wildman–Crippen MR) is 96.5 cm³/mol. The van der Waals surface area contributed by atoms with E-state index >= 15 is 0 Å². The molecule has 0 radical (unpaired) electrons. The molecule has 0 bridgehead atoms. The quantitative estimate of drug-likeness (QED) is 0.813. The molecule has 24 heavy (non-hydrogen) atoms. The molecule has 0 fully saturated rings. The smallest absolute Gasteiger partial charge is 0.211 e. The van der Waals surface area contributed by atoms with Gasteiger partial charge < -0.3 is 0 Å². The Morgan fingerprint density at radius 3 is 2.96 bits per heavy atom. The first-order valence-electron chi connectivity index (χ1n) is 8.23. The first kappa shape index (κ1) is 17.6. The molecule has 0 unspecified atom stereocenters. The molecule has 2 aromatic rings. The molecule has 8 heteroatoms. The van der Waals surface area contributed by atoms with Gasteiger partial charge in [0.15, 0.2) is 0 Å². The van der Waals surface area contributed by atoms with Crippen LogP contribution in [-0.4, -0.2) is 41.9 Å². The van der Waals surface area contributed by atoms with Crippen LogP contribution in [0.5, 0.6) is 0 Å². The highest BCUT2D eigenvalue weighted by Crippen LogP contribution is 2.26. The van der Waals surface area contributed by atoms with Crippen molar-refractivity contribution in [3.63, 3.8) is 0 Å². The molecule has 1 atom stereocenters. The molecule has 6 nitrogen and oxygen atoms in total. The minimum absolute atomic E-state index is 0.120. The van der Waals surface area contributed by atoms with Gasteiger partial charge in [0.1, 0.15) is 0 Å². The van der Waals surface area contributed by atoms with Crippen LogP contribution in [0, 0.1) is 6.92 Å². The molecule has 2 aromatic heterocycles. The Kier molecular flexibility index (Phi) is 5.39. The van der Waals surface area contributed by atoms with Gasteiger partial charge in [-0.05, 0) is 43.3 Å². The molecule has 0 spiro atoms. The average molecular weight is 369 g/mol. The maximum absolute atomic E-state index is 11.6. The van der Waals surface area contributed by atoms with E-state index in [0.717, 1.165) is 26.1 Å².